The molecule has 1 aromatic carbocycles. The second-order valence-corrected chi connectivity index (χ2v) is 9.62. The summed E-state index contributed by atoms with van der Waals surface area (Å²) in [6.45, 7) is 4.63. The van der Waals surface area contributed by atoms with Gasteiger partial charge in [0.25, 0.3) is 0 Å². The Labute approximate surface area is 184 Å². The number of hydrogen-bond donors (Lipinski definition) is 1. The fraction of sp³-hybridized carbons (Fsp3) is 0.600. The van der Waals surface area contributed by atoms with Crippen LogP contribution in [0.5, 0.6) is 5.75 Å². The van der Waals surface area contributed by atoms with E-state index >= 15 is 0 Å². The molecule has 3 amide bonds. The number of unbranched alkanes of at least 4 members (excludes halogenated alkanes) is 2. The molecule has 0 saturated carbocycles. The molecule has 1 aromatic rings. The maximum Gasteiger partial charge on any atom is 0.324 e. The van der Waals surface area contributed by atoms with Crippen LogP contribution in [-0.2, 0) is 14.6 Å². The lowest BCUT2D eigenvalue weighted by Gasteiger charge is -2.15. The first-order chi connectivity index (χ1) is 13.7. The molecule has 30 heavy (non-hydrogen) atoms. The SMILES string of the molecule is CCCOc1cc([C@H](C)CS(=O)(=O)CCCCCN2CC(=O)NC2=O)ccc1F.S. The highest BCUT2D eigenvalue weighted by Crippen LogP contribution is 2.25. The highest BCUT2D eigenvalue weighted by molar-refractivity contribution is 7.91. The van der Waals surface area contributed by atoms with Gasteiger partial charge in [0, 0.05) is 6.54 Å². The Bertz CT molecular complexity index is 832. The van der Waals surface area contributed by atoms with E-state index in [9.17, 15) is 22.4 Å². The molecular weight excluding hydrogens is 431 g/mol. The van der Waals surface area contributed by atoms with Crippen molar-refractivity contribution in [3.8, 4) is 5.75 Å². The van der Waals surface area contributed by atoms with E-state index in [1.54, 1.807) is 19.1 Å². The summed E-state index contributed by atoms with van der Waals surface area (Å²) in [6, 6.07) is 4.09. The minimum absolute atomic E-state index is 0. The molecule has 170 valence electrons. The Morgan fingerprint density at radius 1 is 1.23 bits per heavy atom. The van der Waals surface area contributed by atoms with Gasteiger partial charge in [-0.05, 0) is 42.9 Å². The first kappa shape index (κ1) is 26.2. The van der Waals surface area contributed by atoms with Crippen LogP contribution in [0.3, 0.4) is 0 Å². The van der Waals surface area contributed by atoms with Gasteiger partial charge in [-0.2, -0.15) is 13.5 Å². The molecule has 1 N–H and O–H groups in total. The number of imide groups is 1. The number of urea groups is 1. The van der Waals surface area contributed by atoms with Crippen LogP contribution in [0.2, 0.25) is 0 Å². The van der Waals surface area contributed by atoms with E-state index in [2.05, 4.69) is 5.32 Å². The molecule has 0 unspecified atom stereocenters. The molecule has 1 aliphatic heterocycles. The molecule has 0 spiro atoms. The summed E-state index contributed by atoms with van der Waals surface area (Å²) in [7, 11) is -3.27. The smallest absolute Gasteiger partial charge is 0.324 e. The summed E-state index contributed by atoms with van der Waals surface area (Å²) in [5.74, 6) is -0.847. The van der Waals surface area contributed by atoms with Crippen molar-refractivity contribution in [3.05, 3.63) is 29.6 Å². The highest BCUT2D eigenvalue weighted by atomic mass is 32.2. The monoisotopic (exact) mass is 462 g/mol. The number of rotatable bonds is 12. The van der Waals surface area contributed by atoms with Gasteiger partial charge in [-0.15, -0.1) is 0 Å². The van der Waals surface area contributed by atoms with Crippen LogP contribution in [0.1, 0.15) is 51.0 Å². The van der Waals surface area contributed by atoms with Crippen LogP contribution >= 0.6 is 13.5 Å². The average Bonchev–Trinajstić information content (AvgIpc) is 2.97. The van der Waals surface area contributed by atoms with Crippen molar-refractivity contribution in [3.63, 3.8) is 0 Å². The first-order valence-electron chi connectivity index (χ1n) is 9.93. The van der Waals surface area contributed by atoms with Gasteiger partial charge in [-0.25, -0.2) is 17.6 Å². The molecule has 0 radical (unpaired) electrons. The number of amides is 3. The van der Waals surface area contributed by atoms with Crippen LogP contribution in [0, 0.1) is 5.82 Å². The fourth-order valence-electron chi connectivity index (χ4n) is 3.17. The molecule has 1 aliphatic rings. The first-order valence-corrected chi connectivity index (χ1v) is 11.8. The molecule has 0 aromatic heterocycles. The molecular formula is C20H31FN2O5S2. The van der Waals surface area contributed by atoms with Crippen molar-refractivity contribution >= 4 is 35.3 Å². The summed E-state index contributed by atoms with van der Waals surface area (Å²) in [4.78, 5) is 24.0. The maximum absolute atomic E-state index is 13.8. The Balaban J connectivity index is 0.00000450. The summed E-state index contributed by atoms with van der Waals surface area (Å²) >= 11 is 0. The Hall–Kier alpha value is -1.81. The van der Waals surface area contributed by atoms with Gasteiger partial charge in [0.1, 0.15) is 6.54 Å². The number of carbonyl (C=O) groups excluding carboxylic acids is 2. The van der Waals surface area contributed by atoms with Gasteiger partial charge >= 0.3 is 6.03 Å². The lowest BCUT2D eigenvalue weighted by molar-refractivity contribution is -0.118. The van der Waals surface area contributed by atoms with Gasteiger partial charge in [0.15, 0.2) is 21.4 Å². The zero-order valence-electron chi connectivity index (χ0n) is 17.4. The second-order valence-electron chi connectivity index (χ2n) is 7.39. The molecule has 1 heterocycles. The molecule has 0 aliphatic carbocycles. The van der Waals surface area contributed by atoms with E-state index < -0.39 is 21.7 Å². The van der Waals surface area contributed by atoms with Gasteiger partial charge in [0.2, 0.25) is 5.91 Å². The third kappa shape index (κ3) is 8.14. The van der Waals surface area contributed by atoms with Crippen molar-refractivity contribution in [2.75, 3.05) is 31.2 Å². The lowest BCUT2D eigenvalue weighted by atomic mass is 10.0. The van der Waals surface area contributed by atoms with E-state index in [-0.39, 0.29) is 49.1 Å². The number of benzene rings is 1. The standard InChI is InChI=1S/C20H29FN2O5S.H2S/c1-3-10-28-18-12-16(7-8-17(18)21)15(2)14-29(26,27)11-6-4-5-9-23-13-19(24)22-20(23)25;/h7-8,12,15H,3-6,9-11,13-14H2,1-2H3,(H,22,24,25);1H2/t15-;/m1./s1. The van der Waals surface area contributed by atoms with Crippen LogP contribution in [0.25, 0.3) is 0 Å². The zero-order valence-corrected chi connectivity index (χ0v) is 19.3. The molecule has 2 rings (SSSR count). The number of carbonyl (C=O) groups is 2. The van der Waals surface area contributed by atoms with E-state index in [1.807, 2.05) is 6.92 Å². The van der Waals surface area contributed by atoms with Crippen LogP contribution in [0.4, 0.5) is 9.18 Å². The van der Waals surface area contributed by atoms with Gasteiger partial charge in [-0.1, -0.05) is 26.3 Å². The number of nitrogens with one attached hydrogen (secondary N) is 1. The van der Waals surface area contributed by atoms with Crippen LogP contribution in [0.15, 0.2) is 18.2 Å². The van der Waals surface area contributed by atoms with Crippen molar-refractivity contribution in [1.82, 2.24) is 10.2 Å². The van der Waals surface area contributed by atoms with Gasteiger partial charge < -0.3 is 9.64 Å². The minimum atomic E-state index is -3.27. The van der Waals surface area contributed by atoms with Gasteiger partial charge in [-0.3, -0.25) is 10.1 Å². The third-order valence-corrected chi connectivity index (χ3v) is 6.66. The zero-order chi connectivity index (χ0) is 21.4. The number of hydrogen-bond acceptors (Lipinski definition) is 5. The fourth-order valence-corrected chi connectivity index (χ4v) is 4.94. The van der Waals surface area contributed by atoms with Crippen molar-refractivity contribution in [1.29, 1.82) is 0 Å². The largest absolute Gasteiger partial charge is 0.491 e. The average molecular weight is 463 g/mol. The van der Waals surface area contributed by atoms with Crippen molar-refractivity contribution in [2.45, 2.75) is 45.4 Å². The van der Waals surface area contributed by atoms with E-state index in [0.717, 1.165) is 12.0 Å². The van der Waals surface area contributed by atoms with Crippen LogP contribution < -0.4 is 10.1 Å². The van der Waals surface area contributed by atoms with E-state index in [4.69, 9.17) is 4.74 Å². The topological polar surface area (TPSA) is 92.8 Å². The predicted octanol–water partition coefficient (Wildman–Crippen LogP) is 2.97. The summed E-state index contributed by atoms with van der Waals surface area (Å²) in [5.41, 5.74) is 0.728. The van der Waals surface area contributed by atoms with Crippen molar-refractivity contribution < 1.29 is 27.1 Å². The number of sulfone groups is 1. The van der Waals surface area contributed by atoms with Gasteiger partial charge in [0.05, 0.1) is 18.1 Å². The highest BCUT2D eigenvalue weighted by Gasteiger charge is 2.25. The lowest BCUT2D eigenvalue weighted by Crippen LogP contribution is -2.29. The molecule has 1 saturated heterocycles. The number of nitrogens with zero attached hydrogens (tertiary/aromatic N) is 1. The molecule has 1 atom stereocenters. The molecule has 7 nitrogen and oxygen atoms in total. The normalized spacial score (nSPS) is 15.0. The summed E-state index contributed by atoms with van der Waals surface area (Å²) in [6.07, 6.45) is 2.54. The molecule has 10 heteroatoms. The quantitative estimate of drug-likeness (QED) is 0.381. The Morgan fingerprint density at radius 3 is 2.60 bits per heavy atom. The summed E-state index contributed by atoms with van der Waals surface area (Å²) < 4.78 is 44.0. The maximum atomic E-state index is 13.8. The van der Waals surface area contributed by atoms with E-state index in [1.165, 1.54) is 11.0 Å². The summed E-state index contributed by atoms with van der Waals surface area (Å²) in [5, 5.41) is 2.21. The van der Waals surface area contributed by atoms with Crippen LogP contribution in [-0.4, -0.2) is 56.5 Å². The predicted molar refractivity (Wildman–Crippen MR) is 119 cm³/mol. The molecule has 1 fully saturated rings. The Kier molecular flexibility index (Phi) is 10.6. The molecule has 0 bridgehead atoms. The number of ether oxygens (including phenoxy) is 1. The number of halogens is 1. The van der Waals surface area contributed by atoms with E-state index in [0.29, 0.717) is 32.4 Å². The van der Waals surface area contributed by atoms with Crippen molar-refractivity contribution in [2.24, 2.45) is 0 Å². The second kappa shape index (κ2) is 12.1. The Morgan fingerprint density at radius 2 is 1.97 bits per heavy atom. The minimum Gasteiger partial charge on any atom is -0.491 e. The third-order valence-electron chi connectivity index (χ3n) is 4.74.